The summed E-state index contributed by atoms with van der Waals surface area (Å²) >= 11 is 5.56. The SMILES string of the molecule is CCOC(=O)c1[nH]c2ccc(Br)cc2c1I. The van der Waals surface area contributed by atoms with Gasteiger partial charge in [0.25, 0.3) is 0 Å². The highest BCUT2D eigenvalue weighted by molar-refractivity contribution is 14.1. The fourth-order valence-corrected chi connectivity index (χ4v) is 2.64. The molecule has 84 valence electrons. The van der Waals surface area contributed by atoms with E-state index in [0.29, 0.717) is 12.3 Å². The number of nitrogens with one attached hydrogen (secondary N) is 1. The van der Waals surface area contributed by atoms with Gasteiger partial charge < -0.3 is 9.72 Å². The van der Waals surface area contributed by atoms with Crippen LogP contribution in [0.15, 0.2) is 22.7 Å². The van der Waals surface area contributed by atoms with Crippen molar-refractivity contribution >= 4 is 55.4 Å². The lowest BCUT2D eigenvalue weighted by molar-refractivity contribution is 0.0519. The Hall–Kier alpha value is -0.560. The van der Waals surface area contributed by atoms with Crippen molar-refractivity contribution in [2.45, 2.75) is 6.92 Å². The van der Waals surface area contributed by atoms with Gasteiger partial charge in [-0.2, -0.15) is 0 Å². The molecule has 0 atom stereocenters. The molecule has 1 N–H and O–H groups in total. The van der Waals surface area contributed by atoms with Crippen LogP contribution in [0.5, 0.6) is 0 Å². The number of hydrogen-bond donors (Lipinski definition) is 1. The predicted molar refractivity (Wildman–Crippen MR) is 74.7 cm³/mol. The lowest BCUT2D eigenvalue weighted by Crippen LogP contribution is -2.06. The summed E-state index contributed by atoms with van der Waals surface area (Å²) in [6.07, 6.45) is 0. The zero-order valence-electron chi connectivity index (χ0n) is 8.51. The van der Waals surface area contributed by atoms with Gasteiger partial charge in [-0.1, -0.05) is 15.9 Å². The first kappa shape index (κ1) is 11.9. The Morgan fingerprint density at radius 1 is 1.56 bits per heavy atom. The molecule has 3 nitrogen and oxygen atoms in total. The van der Waals surface area contributed by atoms with E-state index >= 15 is 0 Å². The molecule has 2 aromatic rings. The molecule has 2 rings (SSSR count). The second kappa shape index (κ2) is 4.75. The third kappa shape index (κ3) is 2.10. The summed E-state index contributed by atoms with van der Waals surface area (Å²) in [7, 11) is 0. The first-order chi connectivity index (χ1) is 7.63. The Kier molecular flexibility index (Phi) is 3.53. The summed E-state index contributed by atoms with van der Waals surface area (Å²) in [5.74, 6) is -0.306. The molecule has 0 aliphatic carbocycles. The van der Waals surface area contributed by atoms with Gasteiger partial charge in [0.1, 0.15) is 5.69 Å². The van der Waals surface area contributed by atoms with Crippen LogP contribution in [0.3, 0.4) is 0 Å². The standard InChI is InChI=1S/C11H9BrINO2/c1-2-16-11(15)10-9(13)7-5-6(12)3-4-8(7)14-10/h3-5,14H,2H2,1H3. The average Bonchev–Trinajstić information content (AvgIpc) is 2.57. The molecular formula is C11H9BrINO2. The summed E-state index contributed by atoms with van der Waals surface area (Å²) in [6.45, 7) is 2.18. The van der Waals surface area contributed by atoms with E-state index in [1.54, 1.807) is 6.92 Å². The van der Waals surface area contributed by atoms with Gasteiger partial charge in [-0.05, 0) is 47.7 Å². The largest absolute Gasteiger partial charge is 0.461 e. The Bertz CT molecular complexity index is 550. The number of H-pyrrole nitrogens is 1. The highest BCUT2D eigenvalue weighted by atomic mass is 127. The van der Waals surface area contributed by atoms with Crippen LogP contribution in [0, 0.1) is 3.57 Å². The number of esters is 1. The molecule has 0 saturated carbocycles. The van der Waals surface area contributed by atoms with Crippen molar-refractivity contribution in [2.24, 2.45) is 0 Å². The molecular weight excluding hydrogens is 385 g/mol. The third-order valence-electron chi connectivity index (χ3n) is 2.18. The van der Waals surface area contributed by atoms with Crippen molar-refractivity contribution < 1.29 is 9.53 Å². The van der Waals surface area contributed by atoms with Gasteiger partial charge in [-0.25, -0.2) is 4.79 Å². The number of aromatic nitrogens is 1. The number of fused-ring (bicyclic) bond motifs is 1. The quantitative estimate of drug-likeness (QED) is 0.624. The van der Waals surface area contributed by atoms with Gasteiger partial charge in [0.15, 0.2) is 0 Å². The number of carbonyl (C=O) groups is 1. The van der Waals surface area contributed by atoms with Gasteiger partial charge >= 0.3 is 5.97 Å². The molecule has 1 aromatic carbocycles. The second-order valence-corrected chi connectivity index (χ2v) is 5.22. The van der Waals surface area contributed by atoms with Crippen molar-refractivity contribution in [3.8, 4) is 0 Å². The average molecular weight is 394 g/mol. The molecule has 0 spiro atoms. The maximum Gasteiger partial charge on any atom is 0.355 e. The lowest BCUT2D eigenvalue weighted by atomic mass is 10.2. The van der Waals surface area contributed by atoms with E-state index in [4.69, 9.17) is 4.74 Å². The van der Waals surface area contributed by atoms with E-state index in [1.165, 1.54) is 0 Å². The van der Waals surface area contributed by atoms with Crippen LogP contribution in [-0.4, -0.2) is 17.6 Å². The van der Waals surface area contributed by atoms with E-state index in [0.717, 1.165) is 18.9 Å². The van der Waals surface area contributed by atoms with Crippen LogP contribution in [0.2, 0.25) is 0 Å². The normalized spacial score (nSPS) is 10.7. The summed E-state index contributed by atoms with van der Waals surface area (Å²) in [4.78, 5) is 14.7. The fourth-order valence-electron chi connectivity index (χ4n) is 1.48. The summed E-state index contributed by atoms with van der Waals surface area (Å²) in [6, 6.07) is 5.85. The van der Waals surface area contributed by atoms with Gasteiger partial charge in [0.05, 0.1) is 10.2 Å². The number of aromatic amines is 1. The minimum absolute atomic E-state index is 0.306. The second-order valence-electron chi connectivity index (χ2n) is 3.22. The molecule has 16 heavy (non-hydrogen) atoms. The topological polar surface area (TPSA) is 42.1 Å². The summed E-state index contributed by atoms with van der Waals surface area (Å²) in [5, 5.41) is 1.03. The zero-order valence-corrected chi connectivity index (χ0v) is 12.3. The molecule has 0 aliphatic heterocycles. The van der Waals surface area contributed by atoms with Crippen molar-refractivity contribution in [3.05, 3.63) is 31.9 Å². The van der Waals surface area contributed by atoms with Crippen molar-refractivity contribution in [1.29, 1.82) is 0 Å². The van der Waals surface area contributed by atoms with Crippen LogP contribution < -0.4 is 0 Å². The number of benzene rings is 1. The van der Waals surface area contributed by atoms with E-state index in [-0.39, 0.29) is 5.97 Å². The fraction of sp³-hybridized carbons (Fsp3) is 0.182. The molecule has 0 unspecified atom stereocenters. The minimum Gasteiger partial charge on any atom is -0.461 e. The highest BCUT2D eigenvalue weighted by Gasteiger charge is 2.16. The van der Waals surface area contributed by atoms with Gasteiger partial charge in [-0.15, -0.1) is 0 Å². The van der Waals surface area contributed by atoms with Crippen LogP contribution in [0.25, 0.3) is 10.9 Å². The monoisotopic (exact) mass is 393 g/mol. The Morgan fingerprint density at radius 3 is 3.00 bits per heavy atom. The van der Waals surface area contributed by atoms with E-state index in [1.807, 2.05) is 18.2 Å². The van der Waals surface area contributed by atoms with Crippen molar-refractivity contribution in [3.63, 3.8) is 0 Å². The van der Waals surface area contributed by atoms with Crippen LogP contribution in [-0.2, 0) is 4.74 Å². The first-order valence-corrected chi connectivity index (χ1v) is 6.64. The van der Waals surface area contributed by atoms with E-state index in [9.17, 15) is 4.79 Å². The van der Waals surface area contributed by atoms with E-state index < -0.39 is 0 Å². The lowest BCUT2D eigenvalue weighted by Gasteiger charge is -1.98. The third-order valence-corrected chi connectivity index (χ3v) is 3.79. The Balaban J connectivity index is 2.56. The highest BCUT2D eigenvalue weighted by Crippen LogP contribution is 2.27. The number of halogens is 2. The smallest absolute Gasteiger partial charge is 0.355 e. The molecule has 0 fully saturated rings. The van der Waals surface area contributed by atoms with Gasteiger partial charge in [0, 0.05) is 15.4 Å². The molecule has 0 aliphatic rings. The van der Waals surface area contributed by atoms with Crippen molar-refractivity contribution in [2.75, 3.05) is 6.61 Å². The molecule has 5 heteroatoms. The van der Waals surface area contributed by atoms with E-state index in [2.05, 4.69) is 43.5 Å². The number of carbonyl (C=O) groups excluding carboxylic acids is 1. The molecule has 0 bridgehead atoms. The molecule has 1 heterocycles. The van der Waals surface area contributed by atoms with Gasteiger partial charge in [0.2, 0.25) is 0 Å². The Labute approximate surface area is 115 Å². The molecule has 0 amide bonds. The first-order valence-electron chi connectivity index (χ1n) is 4.77. The number of ether oxygens (including phenoxy) is 1. The number of rotatable bonds is 2. The molecule has 1 aromatic heterocycles. The predicted octanol–water partition coefficient (Wildman–Crippen LogP) is 3.71. The molecule has 0 radical (unpaired) electrons. The summed E-state index contributed by atoms with van der Waals surface area (Å²) < 4.78 is 6.87. The zero-order chi connectivity index (χ0) is 11.7. The van der Waals surface area contributed by atoms with Crippen molar-refractivity contribution in [1.82, 2.24) is 4.98 Å². The van der Waals surface area contributed by atoms with Crippen LogP contribution in [0.1, 0.15) is 17.4 Å². The van der Waals surface area contributed by atoms with Crippen LogP contribution >= 0.6 is 38.5 Å². The maximum absolute atomic E-state index is 11.7. The van der Waals surface area contributed by atoms with Gasteiger partial charge in [-0.3, -0.25) is 0 Å². The minimum atomic E-state index is -0.306. The maximum atomic E-state index is 11.7. The summed E-state index contributed by atoms with van der Waals surface area (Å²) in [5.41, 5.74) is 1.46. The Morgan fingerprint density at radius 2 is 2.31 bits per heavy atom. The molecule has 0 saturated heterocycles. The number of hydrogen-bond acceptors (Lipinski definition) is 2. The van der Waals surface area contributed by atoms with Crippen LogP contribution in [0.4, 0.5) is 0 Å².